The topological polar surface area (TPSA) is 156 Å². The van der Waals surface area contributed by atoms with E-state index in [1.165, 1.54) is 12.1 Å². The zero-order chi connectivity index (χ0) is 35.8. The number of anilines is 1. The van der Waals surface area contributed by atoms with Crippen LogP contribution in [0.15, 0.2) is 59.6 Å². The summed E-state index contributed by atoms with van der Waals surface area (Å²) >= 11 is 0. The quantitative estimate of drug-likeness (QED) is 0.142. The molecule has 5 atom stereocenters. The molecule has 3 aromatic carbocycles. The zero-order valence-corrected chi connectivity index (χ0v) is 27.6. The standard InChI is InChI=1S/C32H31F3N4O9S/c1-16(40)45-15-27-30(46-17(2)41)29(39-14-25(36-37-39)20-12-23(33)28(35)24(34)13-20)31(47-18(3)42)32(48-27)49(43,44)21-9-10-22-19(11-21)7-6-8-26(22)38(4)5/h6-14,27,29-32H,15H2,1-5H3/t27?,29?,30-,31-,32+/m0/s1. The summed E-state index contributed by atoms with van der Waals surface area (Å²) < 4.78 is 94.0. The number of carbonyl (C=O) groups is 3. The summed E-state index contributed by atoms with van der Waals surface area (Å²) in [6.07, 6.45) is -3.68. The van der Waals surface area contributed by atoms with Gasteiger partial charge in [-0.25, -0.2) is 26.3 Å². The van der Waals surface area contributed by atoms with Crippen LogP contribution in [0.25, 0.3) is 22.0 Å². The number of aromatic nitrogens is 3. The monoisotopic (exact) mass is 704 g/mol. The predicted molar refractivity (Wildman–Crippen MR) is 166 cm³/mol. The van der Waals surface area contributed by atoms with Gasteiger partial charge in [0.2, 0.25) is 15.3 Å². The highest BCUT2D eigenvalue weighted by Crippen LogP contribution is 2.40. The number of halogens is 3. The molecule has 1 aromatic heterocycles. The van der Waals surface area contributed by atoms with Crippen molar-refractivity contribution in [2.75, 3.05) is 25.6 Å². The van der Waals surface area contributed by atoms with Crippen LogP contribution in [0.4, 0.5) is 18.9 Å². The SMILES string of the molecule is CC(=O)OCC1O[C@H](S(=O)(=O)c2ccc3c(N(C)C)cccc3c2)[C@@H](OC(C)=O)C(n2cc(-c3cc(F)c(F)c(F)c3)nn2)[C@H]1OC(C)=O. The van der Waals surface area contributed by atoms with Gasteiger partial charge in [-0.2, -0.15) is 0 Å². The number of fused-ring (bicyclic) bond motifs is 1. The van der Waals surface area contributed by atoms with Gasteiger partial charge < -0.3 is 23.8 Å². The number of benzene rings is 3. The first-order chi connectivity index (χ1) is 23.1. The van der Waals surface area contributed by atoms with Crippen molar-refractivity contribution in [2.24, 2.45) is 0 Å². The number of ether oxygens (including phenoxy) is 4. The average Bonchev–Trinajstić information content (AvgIpc) is 3.51. The molecule has 1 fully saturated rings. The molecule has 49 heavy (non-hydrogen) atoms. The Kier molecular flexibility index (Phi) is 9.96. The van der Waals surface area contributed by atoms with Crippen molar-refractivity contribution < 1.29 is 54.9 Å². The molecule has 17 heteroatoms. The number of hydrogen-bond acceptors (Lipinski definition) is 12. The molecule has 0 saturated carbocycles. The third kappa shape index (κ3) is 7.22. The van der Waals surface area contributed by atoms with Gasteiger partial charge in [-0.15, -0.1) is 5.10 Å². The molecule has 13 nitrogen and oxygen atoms in total. The van der Waals surface area contributed by atoms with Gasteiger partial charge in [0.25, 0.3) is 0 Å². The molecule has 0 N–H and O–H groups in total. The molecule has 0 bridgehead atoms. The Balaban J connectivity index is 1.68. The Morgan fingerprint density at radius 3 is 2.18 bits per heavy atom. The van der Waals surface area contributed by atoms with Crippen LogP contribution in [0.5, 0.6) is 0 Å². The van der Waals surface area contributed by atoms with Crippen molar-refractivity contribution >= 4 is 44.2 Å². The van der Waals surface area contributed by atoms with Gasteiger partial charge >= 0.3 is 17.9 Å². The Hall–Kier alpha value is -5.03. The first-order valence-electron chi connectivity index (χ1n) is 14.7. The summed E-state index contributed by atoms with van der Waals surface area (Å²) in [5, 5.41) is 9.19. The van der Waals surface area contributed by atoms with E-state index in [1.54, 1.807) is 18.2 Å². The molecular weight excluding hydrogens is 673 g/mol. The molecule has 260 valence electrons. The van der Waals surface area contributed by atoms with E-state index < -0.39 is 81.6 Å². The highest BCUT2D eigenvalue weighted by atomic mass is 32.2. The maximum atomic E-state index is 14.5. The number of carbonyl (C=O) groups excluding carboxylic acids is 3. The maximum Gasteiger partial charge on any atom is 0.303 e. The highest BCUT2D eigenvalue weighted by molar-refractivity contribution is 7.92. The molecule has 1 aliphatic rings. The minimum absolute atomic E-state index is 0.199. The van der Waals surface area contributed by atoms with E-state index in [0.717, 1.165) is 42.7 Å². The second-order valence-corrected chi connectivity index (χ2v) is 13.4. The summed E-state index contributed by atoms with van der Waals surface area (Å²) in [4.78, 5) is 38.3. The smallest absolute Gasteiger partial charge is 0.303 e. The zero-order valence-electron chi connectivity index (χ0n) is 26.8. The molecule has 0 aliphatic carbocycles. The molecule has 0 spiro atoms. The lowest BCUT2D eigenvalue weighted by molar-refractivity contribution is -0.213. The van der Waals surface area contributed by atoms with Crippen LogP contribution in [0.3, 0.4) is 0 Å². The molecule has 5 rings (SSSR count). The first-order valence-corrected chi connectivity index (χ1v) is 16.3. The van der Waals surface area contributed by atoms with Gasteiger partial charge in [-0.05, 0) is 35.7 Å². The second kappa shape index (κ2) is 13.8. The van der Waals surface area contributed by atoms with Crippen LogP contribution in [0.2, 0.25) is 0 Å². The van der Waals surface area contributed by atoms with Gasteiger partial charge in [0.1, 0.15) is 24.4 Å². The molecule has 1 aliphatic heterocycles. The van der Waals surface area contributed by atoms with Crippen molar-refractivity contribution in [1.82, 2.24) is 15.0 Å². The van der Waals surface area contributed by atoms with Crippen molar-refractivity contribution in [2.45, 2.75) is 55.5 Å². The van der Waals surface area contributed by atoms with Gasteiger partial charge in [0.15, 0.2) is 29.7 Å². The molecule has 0 amide bonds. The minimum Gasteiger partial charge on any atom is -0.463 e. The number of sulfone groups is 1. The molecular formula is C32H31F3N4O9S. The fourth-order valence-corrected chi connectivity index (χ4v) is 7.31. The lowest BCUT2D eigenvalue weighted by atomic mass is 9.96. The van der Waals surface area contributed by atoms with Crippen LogP contribution < -0.4 is 4.90 Å². The number of nitrogens with zero attached hydrogens (tertiary/aromatic N) is 4. The van der Waals surface area contributed by atoms with Crippen LogP contribution in [0, 0.1) is 17.5 Å². The van der Waals surface area contributed by atoms with Crippen LogP contribution in [-0.4, -0.2) is 85.8 Å². The molecule has 2 unspecified atom stereocenters. The third-order valence-electron chi connectivity index (χ3n) is 7.71. The van der Waals surface area contributed by atoms with Crippen molar-refractivity contribution in [3.63, 3.8) is 0 Å². The predicted octanol–water partition coefficient (Wildman–Crippen LogP) is 3.75. The number of esters is 3. The van der Waals surface area contributed by atoms with E-state index in [9.17, 15) is 36.0 Å². The fraction of sp³-hybridized carbons (Fsp3) is 0.344. The van der Waals surface area contributed by atoms with Crippen LogP contribution in [0.1, 0.15) is 26.8 Å². The summed E-state index contributed by atoms with van der Waals surface area (Å²) in [7, 11) is -0.936. The number of hydrogen-bond donors (Lipinski definition) is 0. The normalized spacial score (nSPS) is 20.9. The Morgan fingerprint density at radius 2 is 1.57 bits per heavy atom. The van der Waals surface area contributed by atoms with E-state index in [0.29, 0.717) is 17.5 Å². The van der Waals surface area contributed by atoms with Crippen LogP contribution >= 0.6 is 0 Å². The second-order valence-electron chi connectivity index (χ2n) is 11.4. The largest absolute Gasteiger partial charge is 0.463 e. The molecule has 4 aromatic rings. The third-order valence-corrected chi connectivity index (χ3v) is 9.61. The van der Waals surface area contributed by atoms with Crippen molar-refractivity contribution in [1.29, 1.82) is 0 Å². The Morgan fingerprint density at radius 1 is 0.918 bits per heavy atom. The van der Waals surface area contributed by atoms with E-state index in [4.69, 9.17) is 18.9 Å². The molecule has 2 heterocycles. The summed E-state index contributed by atoms with van der Waals surface area (Å²) in [5.74, 6) is -7.31. The first kappa shape index (κ1) is 35.3. The van der Waals surface area contributed by atoms with Gasteiger partial charge in [-0.3, -0.25) is 14.4 Å². The lowest BCUT2D eigenvalue weighted by Gasteiger charge is -2.44. The number of rotatable bonds is 9. The van der Waals surface area contributed by atoms with E-state index >= 15 is 0 Å². The summed E-state index contributed by atoms with van der Waals surface area (Å²) in [5.41, 5.74) is -1.62. The van der Waals surface area contributed by atoms with Gasteiger partial charge in [-0.1, -0.05) is 23.4 Å². The Labute approximate surface area is 278 Å². The average molecular weight is 705 g/mol. The molecule has 1 saturated heterocycles. The van der Waals surface area contributed by atoms with Crippen molar-refractivity contribution in [3.05, 3.63) is 72.2 Å². The fourth-order valence-electron chi connectivity index (χ4n) is 5.64. The Bertz CT molecular complexity index is 2020. The minimum atomic E-state index is -4.60. The van der Waals surface area contributed by atoms with Gasteiger partial charge in [0, 0.05) is 51.5 Å². The van der Waals surface area contributed by atoms with E-state index in [-0.39, 0.29) is 16.2 Å². The van der Waals surface area contributed by atoms with Crippen LogP contribution in [-0.2, 0) is 43.2 Å². The maximum absolute atomic E-state index is 14.5. The van der Waals surface area contributed by atoms with E-state index in [1.807, 2.05) is 25.1 Å². The molecule has 0 radical (unpaired) electrons. The lowest BCUT2D eigenvalue weighted by Crippen LogP contribution is -2.60. The van der Waals surface area contributed by atoms with Crippen molar-refractivity contribution in [3.8, 4) is 11.3 Å². The summed E-state index contributed by atoms with van der Waals surface area (Å²) in [6, 6.07) is 9.53. The highest BCUT2D eigenvalue weighted by Gasteiger charge is 2.56. The van der Waals surface area contributed by atoms with E-state index in [2.05, 4.69) is 10.3 Å². The van der Waals surface area contributed by atoms with Gasteiger partial charge in [0.05, 0.1) is 11.1 Å². The summed E-state index contributed by atoms with van der Waals surface area (Å²) in [6.45, 7) is 2.56.